The number of hydrogen-bond donors (Lipinski definition) is 1. The minimum Gasteiger partial charge on any atom is -0.493 e. The summed E-state index contributed by atoms with van der Waals surface area (Å²) in [6.45, 7) is 2.72. The van der Waals surface area contributed by atoms with Crippen molar-refractivity contribution in [3.8, 4) is 17.6 Å². The molecule has 17 heavy (non-hydrogen) atoms. The van der Waals surface area contributed by atoms with Gasteiger partial charge in [0.1, 0.15) is 0 Å². The fraction of sp³-hybridized carbons (Fsp3) is 0.462. The summed E-state index contributed by atoms with van der Waals surface area (Å²) in [6.07, 6.45) is 1.03. The Morgan fingerprint density at radius 3 is 2.71 bits per heavy atom. The van der Waals surface area contributed by atoms with E-state index in [-0.39, 0.29) is 0 Å². The third-order valence-corrected chi connectivity index (χ3v) is 3.12. The first-order valence-corrected chi connectivity index (χ1v) is 6.20. The van der Waals surface area contributed by atoms with Gasteiger partial charge in [-0.15, -0.1) is 0 Å². The maximum atomic E-state index is 8.79. The molecular weight excluding hydrogens is 234 g/mol. The van der Waals surface area contributed by atoms with Crippen LogP contribution in [0.5, 0.6) is 11.5 Å². The minimum atomic E-state index is 0.429. The first-order valence-electron chi connectivity index (χ1n) is 5.56. The Labute approximate surface area is 108 Å². The van der Waals surface area contributed by atoms with Gasteiger partial charge < -0.3 is 9.47 Å². The van der Waals surface area contributed by atoms with Crippen molar-refractivity contribution in [2.45, 2.75) is 13.3 Å². The van der Waals surface area contributed by atoms with Crippen LogP contribution in [0.15, 0.2) is 18.2 Å². The quantitative estimate of drug-likeness (QED) is 0.790. The number of nitrogens with zero attached hydrogens (tertiary/aromatic N) is 1. The van der Waals surface area contributed by atoms with E-state index in [0.29, 0.717) is 29.6 Å². The second kappa shape index (κ2) is 7.08. The third kappa shape index (κ3) is 3.86. The van der Waals surface area contributed by atoms with E-state index in [4.69, 9.17) is 14.7 Å². The zero-order valence-electron chi connectivity index (χ0n) is 10.1. The fourth-order valence-corrected chi connectivity index (χ4v) is 1.73. The number of ether oxygens (including phenoxy) is 2. The smallest absolute Gasteiger partial charge is 0.162 e. The van der Waals surface area contributed by atoms with Crippen LogP contribution in [0.2, 0.25) is 0 Å². The van der Waals surface area contributed by atoms with E-state index in [1.807, 2.05) is 0 Å². The highest BCUT2D eigenvalue weighted by Crippen LogP contribution is 2.28. The molecule has 0 aliphatic heterocycles. The van der Waals surface area contributed by atoms with Gasteiger partial charge in [-0.25, -0.2) is 0 Å². The topological polar surface area (TPSA) is 42.2 Å². The van der Waals surface area contributed by atoms with E-state index in [1.54, 1.807) is 25.3 Å². The molecule has 0 fully saturated rings. The first kappa shape index (κ1) is 13.7. The molecule has 0 N–H and O–H groups in total. The standard InChI is InChI=1S/C13H17NO2S/c1-3-10(9-17)8-16-12-5-4-11(7-14)6-13(12)15-2/h4-6,10,17H,3,8-9H2,1-2H3. The summed E-state index contributed by atoms with van der Waals surface area (Å²) in [7, 11) is 1.57. The van der Waals surface area contributed by atoms with Crippen molar-refractivity contribution < 1.29 is 9.47 Å². The van der Waals surface area contributed by atoms with E-state index in [0.717, 1.165) is 12.2 Å². The molecule has 0 heterocycles. The molecule has 1 aromatic rings. The Balaban J connectivity index is 2.74. The minimum absolute atomic E-state index is 0.429. The maximum absolute atomic E-state index is 8.79. The Bertz CT molecular complexity index is 397. The molecule has 4 heteroatoms. The summed E-state index contributed by atoms with van der Waals surface area (Å²) < 4.78 is 10.9. The van der Waals surface area contributed by atoms with Crippen LogP contribution in [-0.2, 0) is 0 Å². The lowest BCUT2D eigenvalue weighted by Crippen LogP contribution is -2.13. The SMILES string of the molecule is CCC(CS)COc1ccc(C#N)cc1OC. The number of rotatable bonds is 6. The van der Waals surface area contributed by atoms with E-state index in [1.165, 1.54) is 0 Å². The van der Waals surface area contributed by atoms with Crippen molar-refractivity contribution in [3.63, 3.8) is 0 Å². The highest BCUT2D eigenvalue weighted by molar-refractivity contribution is 7.80. The van der Waals surface area contributed by atoms with Gasteiger partial charge in [0.05, 0.1) is 25.3 Å². The fourth-order valence-electron chi connectivity index (χ4n) is 1.36. The van der Waals surface area contributed by atoms with Crippen molar-refractivity contribution in [1.29, 1.82) is 5.26 Å². The Morgan fingerprint density at radius 2 is 2.18 bits per heavy atom. The number of benzene rings is 1. The summed E-state index contributed by atoms with van der Waals surface area (Å²) in [5.74, 6) is 2.50. The molecule has 0 aliphatic rings. The third-order valence-electron chi connectivity index (χ3n) is 2.60. The van der Waals surface area contributed by atoms with Crippen molar-refractivity contribution in [3.05, 3.63) is 23.8 Å². The second-order valence-electron chi connectivity index (χ2n) is 3.75. The highest BCUT2D eigenvalue weighted by atomic mass is 32.1. The van der Waals surface area contributed by atoms with Crippen LogP contribution in [0.4, 0.5) is 0 Å². The second-order valence-corrected chi connectivity index (χ2v) is 4.11. The molecule has 1 rings (SSSR count). The molecule has 3 nitrogen and oxygen atoms in total. The Hall–Kier alpha value is -1.34. The lowest BCUT2D eigenvalue weighted by Gasteiger charge is -2.15. The number of nitriles is 1. The molecule has 0 bridgehead atoms. The monoisotopic (exact) mass is 251 g/mol. The molecule has 92 valence electrons. The van der Waals surface area contributed by atoms with Crippen LogP contribution < -0.4 is 9.47 Å². The molecule has 0 amide bonds. The van der Waals surface area contributed by atoms with E-state index in [9.17, 15) is 0 Å². The van der Waals surface area contributed by atoms with Gasteiger partial charge in [0.25, 0.3) is 0 Å². The predicted octanol–water partition coefficient (Wildman–Crippen LogP) is 2.90. The van der Waals surface area contributed by atoms with Crippen molar-refractivity contribution in [2.24, 2.45) is 5.92 Å². The number of thiol groups is 1. The molecule has 0 aromatic heterocycles. The van der Waals surface area contributed by atoms with Crippen LogP contribution in [0.25, 0.3) is 0 Å². The highest BCUT2D eigenvalue weighted by Gasteiger charge is 2.09. The van der Waals surface area contributed by atoms with Crippen LogP contribution >= 0.6 is 12.6 Å². The van der Waals surface area contributed by atoms with E-state index >= 15 is 0 Å². The molecule has 1 atom stereocenters. The molecule has 0 saturated heterocycles. The van der Waals surface area contributed by atoms with Gasteiger partial charge in [-0.2, -0.15) is 17.9 Å². The van der Waals surface area contributed by atoms with Gasteiger partial charge in [0, 0.05) is 12.0 Å². The molecule has 1 aromatic carbocycles. The summed E-state index contributed by atoms with van der Waals surface area (Å²) in [4.78, 5) is 0. The van der Waals surface area contributed by atoms with Crippen LogP contribution in [0.1, 0.15) is 18.9 Å². The predicted molar refractivity (Wildman–Crippen MR) is 70.8 cm³/mol. The van der Waals surface area contributed by atoms with Crippen molar-refractivity contribution in [2.75, 3.05) is 19.5 Å². The zero-order chi connectivity index (χ0) is 12.7. The first-order chi connectivity index (χ1) is 8.24. The Morgan fingerprint density at radius 1 is 1.41 bits per heavy atom. The number of methoxy groups -OCH3 is 1. The molecule has 1 unspecified atom stereocenters. The average molecular weight is 251 g/mol. The van der Waals surface area contributed by atoms with Crippen LogP contribution in [0, 0.1) is 17.2 Å². The summed E-state index contributed by atoms with van der Waals surface area (Å²) in [6, 6.07) is 7.23. The van der Waals surface area contributed by atoms with Gasteiger partial charge in [-0.3, -0.25) is 0 Å². The summed E-state index contributed by atoms with van der Waals surface area (Å²) in [5, 5.41) is 8.79. The van der Waals surface area contributed by atoms with Gasteiger partial charge in [0.2, 0.25) is 0 Å². The molecule has 0 radical (unpaired) electrons. The average Bonchev–Trinajstić information content (AvgIpc) is 2.39. The Kier molecular flexibility index (Phi) is 5.71. The molecular formula is C13H17NO2S. The largest absolute Gasteiger partial charge is 0.493 e. The lowest BCUT2D eigenvalue weighted by molar-refractivity contribution is 0.247. The zero-order valence-corrected chi connectivity index (χ0v) is 11.0. The normalized spacial score (nSPS) is 11.6. The lowest BCUT2D eigenvalue weighted by atomic mass is 10.1. The summed E-state index contributed by atoms with van der Waals surface area (Å²) in [5.41, 5.74) is 0.565. The maximum Gasteiger partial charge on any atom is 0.162 e. The van der Waals surface area contributed by atoms with E-state index < -0.39 is 0 Å². The number of hydrogen-bond acceptors (Lipinski definition) is 4. The summed E-state index contributed by atoms with van der Waals surface area (Å²) >= 11 is 4.27. The molecule has 0 spiro atoms. The van der Waals surface area contributed by atoms with Gasteiger partial charge in [-0.05, 0) is 24.3 Å². The van der Waals surface area contributed by atoms with Gasteiger partial charge >= 0.3 is 0 Å². The van der Waals surface area contributed by atoms with Gasteiger partial charge in [-0.1, -0.05) is 6.92 Å². The van der Waals surface area contributed by atoms with Crippen LogP contribution in [-0.4, -0.2) is 19.5 Å². The molecule has 0 aliphatic carbocycles. The van der Waals surface area contributed by atoms with Crippen LogP contribution in [0.3, 0.4) is 0 Å². The van der Waals surface area contributed by atoms with Crippen molar-refractivity contribution >= 4 is 12.6 Å². The van der Waals surface area contributed by atoms with E-state index in [2.05, 4.69) is 25.6 Å². The molecule has 0 saturated carbocycles. The van der Waals surface area contributed by atoms with Crippen molar-refractivity contribution in [1.82, 2.24) is 0 Å². The van der Waals surface area contributed by atoms with Gasteiger partial charge in [0.15, 0.2) is 11.5 Å².